The molecule has 0 unspecified atom stereocenters. The number of anilines is 2. The molecule has 0 amide bonds. The van der Waals surface area contributed by atoms with Crippen LogP contribution in [-0.2, 0) is 0 Å². The minimum atomic E-state index is -0.0216. The lowest BCUT2D eigenvalue weighted by Crippen LogP contribution is -2.47. The summed E-state index contributed by atoms with van der Waals surface area (Å²) in [6.45, 7) is 8.68. The maximum Gasteiger partial charge on any atom is 0.196 e. The minimum Gasteiger partial charge on any atom is -0.486 e. The van der Waals surface area contributed by atoms with Crippen molar-refractivity contribution in [3.63, 3.8) is 0 Å². The molecule has 182 valence electrons. The molecule has 6 rings (SSSR count). The van der Waals surface area contributed by atoms with Crippen LogP contribution in [0.15, 0.2) is 66.9 Å². The Labute approximate surface area is 211 Å². The standard InChI is InChI=1S/C30H29N3O3/c1-20-8-9-26(21(2)16-20)32-10-12-33(13-11-32)29-23-17-27-28(36-15-14-35-27)18-25(23)31-19-24(29)30(34)22-6-4-3-5-7-22/h3-9,16-19H,10-15H2,1-2H3. The van der Waals surface area contributed by atoms with E-state index in [0.717, 1.165) is 42.8 Å². The highest BCUT2D eigenvalue weighted by Gasteiger charge is 2.27. The highest BCUT2D eigenvalue weighted by Crippen LogP contribution is 2.40. The van der Waals surface area contributed by atoms with E-state index in [1.165, 1.54) is 16.8 Å². The van der Waals surface area contributed by atoms with Gasteiger partial charge < -0.3 is 19.3 Å². The van der Waals surface area contributed by atoms with E-state index in [-0.39, 0.29) is 5.78 Å². The van der Waals surface area contributed by atoms with Crippen LogP contribution in [0.2, 0.25) is 0 Å². The van der Waals surface area contributed by atoms with Gasteiger partial charge in [0.2, 0.25) is 0 Å². The zero-order chi connectivity index (χ0) is 24.6. The summed E-state index contributed by atoms with van der Waals surface area (Å²) in [6, 6.07) is 20.0. The first-order valence-corrected chi connectivity index (χ1v) is 12.5. The smallest absolute Gasteiger partial charge is 0.196 e. The van der Waals surface area contributed by atoms with E-state index in [0.29, 0.717) is 35.8 Å². The maximum absolute atomic E-state index is 13.7. The van der Waals surface area contributed by atoms with Crippen molar-refractivity contribution in [2.75, 3.05) is 49.2 Å². The van der Waals surface area contributed by atoms with Crippen LogP contribution < -0.4 is 19.3 Å². The second-order valence-electron chi connectivity index (χ2n) is 9.49. The van der Waals surface area contributed by atoms with Crippen molar-refractivity contribution in [2.24, 2.45) is 0 Å². The molecule has 3 heterocycles. The molecule has 0 atom stereocenters. The fourth-order valence-electron chi connectivity index (χ4n) is 5.30. The van der Waals surface area contributed by atoms with E-state index in [1.54, 1.807) is 6.20 Å². The first kappa shape index (κ1) is 22.4. The zero-order valence-electron chi connectivity index (χ0n) is 20.7. The van der Waals surface area contributed by atoms with Crippen LogP contribution in [0.3, 0.4) is 0 Å². The molecule has 1 saturated heterocycles. The molecule has 6 heteroatoms. The number of carbonyl (C=O) groups is 1. The molecule has 0 aliphatic carbocycles. The number of nitrogens with zero attached hydrogens (tertiary/aromatic N) is 3. The van der Waals surface area contributed by atoms with Crippen molar-refractivity contribution in [3.05, 3.63) is 89.1 Å². The van der Waals surface area contributed by atoms with E-state index in [4.69, 9.17) is 9.47 Å². The summed E-state index contributed by atoms with van der Waals surface area (Å²) in [5.41, 5.74) is 6.84. The second kappa shape index (κ2) is 9.19. The molecular formula is C30H29N3O3. The van der Waals surface area contributed by atoms with Crippen LogP contribution in [0.4, 0.5) is 11.4 Å². The molecule has 0 N–H and O–H groups in total. The number of pyridine rings is 1. The molecule has 36 heavy (non-hydrogen) atoms. The van der Waals surface area contributed by atoms with Gasteiger partial charge in [-0.15, -0.1) is 0 Å². The van der Waals surface area contributed by atoms with Crippen LogP contribution in [0, 0.1) is 13.8 Å². The van der Waals surface area contributed by atoms with Gasteiger partial charge in [0.1, 0.15) is 13.2 Å². The minimum absolute atomic E-state index is 0.0216. The van der Waals surface area contributed by atoms with Gasteiger partial charge in [-0.2, -0.15) is 0 Å². The van der Waals surface area contributed by atoms with E-state index >= 15 is 0 Å². The molecule has 6 nitrogen and oxygen atoms in total. The molecule has 0 bridgehead atoms. The summed E-state index contributed by atoms with van der Waals surface area (Å²) in [5.74, 6) is 1.38. The number of ketones is 1. The van der Waals surface area contributed by atoms with E-state index in [1.807, 2.05) is 42.5 Å². The fraction of sp³-hybridized carbons (Fsp3) is 0.267. The fourth-order valence-corrected chi connectivity index (χ4v) is 5.30. The van der Waals surface area contributed by atoms with Gasteiger partial charge in [-0.05, 0) is 31.5 Å². The Hall–Kier alpha value is -4.06. The lowest BCUT2D eigenvalue weighted by molar-refractivity contribution is 0.103. The van der Waals surface area contributed by atoms with Crippen LogP contribution >= 0.6 is 0 Å². The number of fused-ring (bicyclic) bond motifs is 2. The molecule has 2 aliphatic heterocycles. The Kier molecular flexibility index (Phi) is 5.72. The average Bonchev–Trinajstić information content (AvgIpc) is 2.91. The van der Waals surface area contributed by atoms with Gasteiger partial charge in [-0.1, -0.05) is 48.0 Å². The molecule has 2 aliphatic rings. The van der Waals surface area contributed by atoms with E-state index in [2.05, 4.69) is 46.8 Å². The Bertz CT molecular complexity index is 1440. The highest BCUT2D eigenvalue weighted by atomic mass is 16.6. The monoisotopic (exact) mass is 479 g/mol. The van der Waals surface area contributed by atoms with Gasteiger partial charge in [0, 0.05) is 55.1 Å². The molecule has 0 radical (unpaired) electrons. The topological polar surface area (TPSA) is 54.9 Å². The largest absolute Gasteiger partial charge is 0.486 e. The van der Waals surface area contributed by atoms with Crippen LogP contribution in [0.5, 0.6) is 11.5 Å². The Morgan fingerprint density at radius 3 is 2.25 bits per heavy atom. The van der Waals surface area contributed by atoms with Gasteiger partial charge >= 0.3 is 0 Å². The Balaban J connectivity index is 1.41. The zero-order valence-corrected chi connectivity index (χ0v) is 20.7. The summed E-state index contributed by atoms with van der Waals surface area (Å²) in [4.78, 5) is 23.1. The third-order valence-electron chi connectivity index (χ3n) is 7.07. The van der Waals surface area contributed by atoms with Crippen LogP contribution in [-0.4, -0.2) is 50.2 Å². The van der Waals surface area contributed by atoms with E-state index < -0.39 is 0 Å². The number of aromatic nitrogens is 1. The summed E-state index contributed by atoms with van der Waals surface area (Å²) >= 11 is 0. The van der Waals surface area contributed by atoms with Gasteiger partial charge in [-0.3, -0.25) is 9.78 Å². The number of rotatable bonds is 4. The number of hydrogen-bond donors (Lipinski definition) is 0. The molecule has 0 spiro atoms. The van der Waals surface area contributed by atoms with Crippen molar-refractivity contribution in [1.82, 2.24) is 4.98 Å². The lowest BCUT2D eigenvalue weighted by atomic mass is 9.99. The molecule has 3 aromatic carbocycles. The molecule has 4 aromatic rings. The summed E-state index contributed by atoms with van der Waals surface area (Å²) in [5, 5.41) is 0.918. The predicted molar refractivity (Wildman–Crippen MR) is 143 cm³/mol. The number of piperazine rings is 1. The summed E-state index contributed by atoms with van der Waals surface area (Å²) in [7, 11) is 0. The third kappa shape index (κ3) is 4.02. The van der Waals surface area contributed by atoms with Crippen LogP contribution in [0.25, 0.3) is 10.9 Å². The van der Waals surface area contributed by atoms with Crippen molar-refractivity contribution >= 4 is 28.1 Å². The maximum atomic E-state index is 13.7. The number of ether oxygens (including phenoxy) is 2. The number of carbonyl (C=O) groups excluding carboxylic acids is 1. The lowest BCUT2D eigenvalue weighted by Gasteiger charge is -2.39. The quantitative estimate of drug-likeness (QED) is 0.376. The summed E-state index contributed by atoms with van der Waals surface area (Å²) in [6.07, 6.45) is 1.72. The van der Waals surface area contributed by atoms with Crippen molar-refractivity contribution in [1.29, 1.82) is 0 Å². The first-order valence-electron chi connectivity index (χ1n) is 12.5. The van der Waals surface area contributed by atoms with E-state index in [9.17, 15) is 4.79 Å². The first-order chi connectivity index (χ1) is 17.6. The predicted octanol–water partition coefficient (Wildman–Crippen LogP) is 5.18. The normalized spacial score (nSPS) is 15.3. The molecule has 0 saturated carbocycles. The average molecular weight is 480 g/mol. The molecule has 1 aromatic heterocycles. The Morgan fingerprint density at radius 2 is 1.53 bits per heavy atom. The summed E-state index contributed by atoms with van der Waals surface area (Å²) < 4.78 is 11.7. The van der Waals surface area contributed by atoms with Gasteiger partial charge in [0.25, 0.3) is 0 Å². The molecule has 1 fully saturated rings. The van der Waals surface area contributed by atoms with Crippen LogP contribution in [0.1, 0.15) is 27.0 Å². The number of aryl methyl sites for hydroxylation is 2. The van der Waals surface area contributed by atoms with Crippen molar-refractivity contribution < 1.29 is 14.3 Å². The highest BCUT2D eigenvalue weighted by molar-refractivity contribution is 6.16. The molecular weight excluding hydrogens is 450 g/mol. The van der Waals surface area contributed by atoms with Crippen molar-refractivity contribution in [3.8, 4) is 11.5 Å². The number of hydrogen-bond acceptors (Lipinski definition) is 6. The van der Waals surface area contributed by atoms with Gasteiger partial charge in [0.05, 0.1) is 16.8 Å². The number of benzene rings is 3. The SMILES string of the molecule is Cc1ccc(N2CCN(c3c(C(=O)c4ccccc4)cnc4cc5c(cc34)OCCO5)CC2)c(C)c1. The van der Waals surface area contributed by atoms with Gasteiger partial charge in [-0.25, -0.2) is 0 Å². The second-order valence-corrected chi connectivity index (χ2v) is 9.49. The van der Waals surface area contributed by atoms with Crippen molar-refractivity contribution in [2.45, 2.75) is 13.8 Å². The van der Waals surface area contributed by atoms with Gasteiger partial charge in [0.15, 0.2) is 17.3 Å². The third-order valence-corrected chi connectivity index (χ3v) is 7.07. The Morgan fingerprint density at radius 1 is 0.833 bits per heavy atom.